The van der Waals surface area contributed by atoms with Gasteiger partial charge in [0.05, 0.1) is 16.6 Å². The van der Waals surface area contributed by atoms with E-state index in [0.29, 0.717) is 5.01 Å². The minimum atomic E-state index is -1.03. The van der Waals surface area contributed by atoms with Gasteiger partial charge in [-0.1, -0.05) is 12.1 Å². The van der Waals surface area contributed by atoms with E-state index >= 15 is 0 Å². The predicted octanol–water partition coefficient (Wildman–Crippen LogP) is 1.80. The fraction of sp³-hybridized carbons (Fsp3) is 0.200. The molecule has 0 aliphatic heterocycles. The van der Waals surface area contributed by atoms with Gasteiger partial charge in [0.1, 0.15) is 11.1 Å². The lowest BCUT2D eigenvalue weighted by Gasteiger charge is -2.01. The fourth-order valence-electron chi connectivity index (χ4n) is 1.29. The molecule has 0 spiro atoms. The van der Waals surface area contributed by atoms with Crippen molar-refractivity contribution in [2.45, 2.75) is 12.5 Å². The summed E-state index contributed by atoms with van der Waals surface area (Å²) in [6, 6.07) is 7.47. The Hall–Kier alpha value is -1.46. The summed E-state index contributed by atoms with van der Waals surface area (Å²) in [7, 11) is 0. The van der Waals surface area contributed by atoms with E-state index in [1.165, 1.54) is 11.3 Å². The lowest BCUT2D eigenvalue weighted by molar-refractivity contribution is -0.139. The average molecular weight is 223 g/mol. The molecule has 4 nitrogen and oxygen atoms in total. The molecule has 0 amide bonds. The molecular weight excluding hydrogens is 214 g/mol. The van der Waals surface area contributed by atoms with E-state index in [-0.39, 0.29) is 6.42 Å². The molecule has 1 aromatic heterocycles. The number of nitrogens with zero attached hydrogens (tertiary/aromatic N) is 1. The molecule has 0 aliphatic carbocycles. The third-order valence-corrected chi connectivity index (χ3v) is 3.10. The number of carboxylic acid groups (broad SMARTS) is 1. The maximum absolute atomic E-state index is 10.4. The first kappa shape index (κ1) is 10.1. The molecule has 2 N–H and O–H groups in total. The van der Waals surface area contributed by atoms with Crippen LogP contribution in [0.2, 0.25) is 0 Å². The number of aliphatic hydroxyl groups is 1. The standard InChI is InChI=1S/C10H9NO3S/c12-7(5-9(13)14)10-11-6-3-1-2-4-8(6)15-10/h1-4,7,12H,5H2,(H,13,14). The van der Waals surface area contributed by atoms with Crippen LogP contribution in [0.4, 0.5) is 0 Å². The maximum Gasteiger partial charge on any atom is 0.306 e. The van der Waals surface area contributed by atoms with Crippen molar-refractivity contribution in [2.75, 3.05) is 0 Å². The van der Waals surface area contributed by atoms with Crippen LogP contribution in [0.15, 0.2) is 24.3 Å². The molecule has 78 valence electrons. The first-order valence-corrected chi connectivity index (χ1v) is 5.24. The van der Waals surface area contributed by atoms with Crippen LogP contribution in [-0.4, -0.2) is 21.2 Å². The largest absolute Gasteiger partial charge is 0.481 e. The van der Waals surface area contributed by atoms with Crippen molar-refractivity contribution in [1.29, 1.82) is 0 Å². The molecule has 0 saturated heterocycles. The Morgan fingerprint density at radius 2 is 2.20 bits per heavy atom. The van der Waals surface area contributed by atoms with Gasteiger partial charge in [0.2, 0.25) is 0 Å². The van der Waals surface area contributed by atoms with Crippen molar-refractivity contribution in [3.63, 3.8) is 0 Å². The highest BCUT2D eigenvalue weighted by atomic mass is 32.1. The van der Waals surface area contributed by atoms with E-state index in [2.05, 4.69) is 4.98 Å². The summed E-state index contributed by atoms with van der Waals surface area (Å²) in [5.74, 6) is -1.03. The van der Waals surface area contributed by atoms with Gasteiger partial charge in [-0.3, -0.25) is 4.79 Å². The number of benzene rings is 1. The minimum absolute atomic E-state index is 0.306. The molecule has 1 unspecified atom stereocenters. The number of hydrogen-bond donors (Lipinski definition) is 2. The molecule has 1 aromatic carbocycles. The Balaban J connectivity index is 2.32. The first-order chi connectivity index (χ1) is 7.16. The van der Waals surface area contributed by atoms with Crippen molar-refractivity contribution in [3.8, 4) is 0 Å². The van der Waals surface area contributed by atoms with Crippen molar-refractivity contribution in [3.05, 3.63) is 29.3 Å². The zero-order valence-corrected chi connectivity index (χ0v) is 8.57. The number of aliphatic hydroxyl groups excluding tert-OH is 1. The van der Waals surface area contributed by atoms with Crippen LogP contribution in [0.5, 0.6) is 0 Å². The summed E-state index contributed by atoms with van der Waals surface area (Å²) < 4.78 is 0.955. The molecule has 1 heterocycles. The van der Waals surface area contributed by atoms with Crippen molar-refractivity contribution >= 4 is 27.5 Å². The zero-order valence-electron chi connectivity index (χ0n) is 7.75. The Labute approximate surface area is 89.8 Å². The number of hydrogen-bond acceptors (Lipinski definition) is 4. The predicted molar refractivity (Wildman–Crippen MR) is 56.8 cm³/mol. The number of aliphatic carboxylic acids is 1. The van der Waals surface area contributed by atoms with Gasteiger partial charge in [-0.2, -0.15) is 0 Å². The Morgan fingerprint density at radius 3 is 2.87 bits per heavy atom. The molecule has 0 radical (unpaired) electrons. The monoisotopic (exact) mass is 223 g/mol. The Kier molecular flexibility index (Phi) is 2.66. The highest BCUT2D eigenvalue weighted by Gasteiger charge is 2.16. The topological polar surface area (TPSA) is 70.4 Å². The van der Waals surface area contributed by atoms with E-state index < -0.39 is 12.1 Å². The van der Waals surface area contributed by atoms with Gasteiger partial charge in [0, 0.05) is 0 Å². The second-order valence-corrected chi connectivity index (χ2v) is 4.20. The SMILES string of the molecule is O=C(O)CC(O)c1nc2ccccc2s1. The normalized spacial score (nSPS) is 12.9. The van der Waals surface area contributed by atoms with Crippen LogP contribution >= 0.6 is 11.3 Å². The molecule has 5 heteroatoms. The van der Waals surface area contributed by atoms with Gasteiger partial charge in [0.15, 0.2) is 0 Å². The molecule has 2 aromatic rings. The molecule has 0 fully saturated rings. The molecule has 0 saturated carbocycles. The van der Waals surface area contributed by atoms with Gasteiger partial charge in [-0.25, -0.2) is 4.98 Å². The third kappa shape index (κ3) is 2.14. The van der Waals surface area contributed by atoms with Gasteiger partial charge < -0.3 is 10.2 Å². The second-order valence-electron chi connectivity index (χ2n) is 3.13. The van der Waals surface area contributed by atoms with Crippen LogP contribution in [-0.2, 0) is 4.79 Å². The number of carbonyl (C=O) groups is 1. The summed E-state index contributed by atoms with van der Waals surface area (Å²) in [4.78, 5) is 14.6. The van der Waals surface area contributed by atoms with E-state index in [4.69, 9.17) is 5.11 Å². The summed E-state index contributed by atoms with van der Waals surface area (Å²) in [6.07, 6.45) is -1.32. The molecule has 2 rings (SSSR count). The van der Waals surface area contributed by atoms with Gasteiger partial charge in [0.25, 0.3) is 0 Å². The highest BCUT2D eigenvalue weighted by Crippen LogP contribution is 2.27. The van der Waals surface area contributed by atoms with Gasteiger partial charge >= 0.3 is 5.97 Å². The number of aromatic nitrogens is 1. The van der Waals surface area contributed by atoms with E-state index in [0.717, 1.165) is 10.2 Å². The van der Waals surface area contributed by atoms with Crippen molar-refractivity contribution < 1.29 is 15.0 Å². The molecule has 0 aliphatic rings. The van der Waals surface area contributed by atoms with Crippen LogP contribution in [0, 0.1) is 0 Å². The lowest BCUT2D eigenvalue weighted by atomic mass is 10.3. The number of para-hydroxylation sites is 1. The highest BCUT2D eigenvalue weighted by molar-refractivity contribution is 7.18. The van der Waals surface area contributed by atoms with E-state index in [1.807, 2.05) is 24.3 Å². The summed E-state index contributed by atoms with van der Waals surface area (Å²) in [6.45, 7) is 0. The molecule has 15 heavy (non-hydrogen) atoms. The molecule has 1 atom stereocenters. The summed E-state index contributed by atoms with van der Waals surface area (Å²) in [5.41, 5.74) is 0.793. The zero-order chi connectivity index (χ0) is 10.8. The van der Waals surface area contributed by atoms with Gasteiger partial charge in [-0.15, -0.1) is 11.3 Å². The summed E-state index contributed by atoms with van der Waals surface area (Å²) in [5, 5.41) is 18.6. The number of thiazole rings is 1. The fourth-order valence-corrected chi connectivity index (χ4v) is 2.24. The lowest BCUT2D eigenvalue weighted by Crippen LogP contribution is -2.04. The van der Waals surface area contributed by atoms with Crippen LogP contribution in [0.1, 0.15) is 17.5 Å². The van der Waals surface area contributed by atoms with Crippen molar-refractivity contribution in [1.82, 2.24) is 4.98 Å². The van der Waals surface area contributed by atoms with Gasteiger partial charge in [-0.05, 0) is 12.1 Å². The maximum atomic E-state index is 10.4. The number of carboxylic acids is 1. The first-order valence-electron chi connectivity index (χ1n) is 4.42. The van der Waals surface area contributed by atoms with E-state index in [1.54, 1.807) is 0 Å². The minimum Gasteiger partial charge on any atom is -0.481 e. The number of fused-ring (bicyclic) bond motifs is 1. The molecular formula is C10H9NO3S. The van der Waals surface area contributed by atoms with Crippen LogP contribution in [0.3, 0.4) is 0 Å². The van der Waals surface area contributed by atoms with Crippen LogP contribution in [0.25, 0.3) is 10.2 Å². The van der Waals surface area contributed by atoms with Crippen molar-refractivity contribution in [2.24, 2.45) is 0 Å². The Bertz CT molecular complexity index is 461. The molecule has 0 bridgehead atoms. The number of rotatable bonds is 3. The smallest absolute Gasteiger partial charge is 0.306 e. The van der Waals surface area contributed by atoms with Crippen LogP contribution < -0.4 is 0 Å². The quantitative estimate of drug-likeness (QED) is 0.832. The summed E-state index contributed by atoms with van der Waals surface area (Å²) >= 11 is 1.32. The second kappa shape index (κ2) is 3.96. The third-order valence-electron chi connectivity index (χ3n) is 1.96. The Morgan fingerprint density at radius 1 is 1.47 bits per heavy atom. The average Bonchev–Trinajstić information content (AvgIpc) is 2.59. The van der Waals surface area contributed by atoms with E-state index in [9.17, 15) is 9.90 Å².